The van der Waals surface area contributed by atoms with E-state index in [4.69, 9.17) is 24.6 Å². The number of rotatable bonds is 4. The van der Waals surface area contributed by atoms with Crippen LogP contribution in [0.4, 0.5) is 0 Å². The van der Waals surface area contributed by atoms with Crippen LogP contribution in [0.1, 0.15) is 58.8 Å². The predicted molar refractivity (Wildman–Crippen MR) is 91.6 cm³/mol. The highest BCUT2D eigenvalue weighted by molar-refractivity contribution is 5.83. The van der Waals surface area contributed by atoms with E-state index in [0.717, 1.165) is 6.92 Å². The van der Waals surface area contributed by atoms with Gasteiger partial charge in [-0.2, -0.15) is 0 Å². The molecule has 0 amide bonds. The zero-order chi connectivity index (χ0) is 26.8. The SMILES string of the molecule is [2H]C([2H])([2H])Oc1cc2c(cc1OC([2H])([2H])[2H])[C@@H]1CC(=O)[C@@H](C([2H])([2H])C(C)(O)C([2H])([2H])[2H])CN1CC2. The van der Waals surface area contributed by atoms with E-state index in [1.54, 1.807) is 4.90 Å². The van der Waals surface area contributed by atoms with Gasteiger partial charge in [0.05, 0.1) is 27.9 Å². The van der Waals surface area contributed by atoms with Crippen molar-refractivity contribution in [2.75, 3.05) is 27.2 Å². The smallest absolute Gasteiger partial charge is 0.161 e. The molecule has 1 unspecified atom stereocenters. The lowest BCUT2D eigenvalue weighted by Crippen LogP contribution is -2.47. The van der Waals surface area contributed by atoms with E-state index in [-0.39, 0.29) is 24.5 Å². The molecular weight excluding hydrogens is 306 g/mol. The largest absolute Gasteiger partial charge is 0.493 e. The van der Waals surface area contributed by atoms with E-state index in [0.29, 0.717) is 24.1 Å². The molecule has 1 aromatic rings. The molecule has 0 radical (unpaired) electrons. The van der Waals surface area contributed by atoms with E-state index in [1.807, 2.05) is 0 Å². The summed E-state index contributed by atoms with van der Waals surface area (Å²) in [6.07, 6.45) is -2.63. The summed E-state index contributed by atoms with van der Waals surface area (Å²) in [7, 11) is -5.76. The molecule has 2 aliphatic rings. The van der Waals surface area contributed by atoms with Crippen LogP contribution >= 0.6 is 0 Å². The molecule has 1 aromatic carbocycles. The van der Waals surface area contributed by atoms with E-state index in [1.165, 1.54) is 12.1 Å². The fraction of sp³-hybridized carbons (Fsp3) is 0.632. The molecule has 3 atom stereocenters. The van der Waals surface area contributed by atoms with Crippen molar-refractivity contribution in [2.45, 2.75) is 44.6 Å². The molecular formula is C19H27NO4. The lowest BCUT2D eigenvalue weighted by atomic mass is 9.79. The van der Waals surface area contributed by atoms with E-state index in [9.17, 15) is 9.90 Å². The molecule has 5 heteroatoms. The summed E-state index contributed by atoms with van der Waals surface area (Å²) < 4.78 is 93.5. The quantitative estimate of drug-likeness (QED) is 0.908. The highest BCUT2D eigenvalue weighted by atomic mass is 16.5. The molecule has 1 fully saturated rings. The van der Waals surface area contributed by atoms with Crippen LogP contribution in [0.2, 0.25) is 0 Å². The van der Waals surface area contributed by atoms with E-state index in [2.05, 4.69) is 0 Å². The minimum absolute atomic E-state index is 0.162. The minimum atomic E-state index is -3.07. The van der Waals surface area contributed by atoms with Gasteiger partial charge in [0.1, 0.15) is 5.78 Å². The zero-order valence-corrected chi connectivity index (χ0v) is 13.3. The molecule has 1 N–H and O–H groups in total. The van der Waals surface area contributed by atoms with Gasteiger partial charge >= 0.3 is 0 Å². The maximum atomic E-state index is 13.1. The molecule has 24 heavy (non-hydrogen) atoms. The second kappa shape index (κ2) is 6.37. The first-order valence-electron chi connectivity index (χ1n) is 13.2. The summed E-state index contributed by atoms with van der Waals surface area (Å²) >= 11 is 0. The number of carbonyl (C=O) groups is 1. The van der Waals surface area contributed by atoms with Crippen LogP contribution in [0.5, 0.6) is 11.5 Å². The average molecular weight is 344 g/mol. The fourth-order valence-corrected chi connectivity index (χ4v) is 3.51. The minimum Gasteiger partial charge on any atom is -0.493 e. The predicted octanol–water partition coefficient (Wildman–Crippen LogP) is 2.35. The molecule has 0 saturated carbocycles. The van der Waals surface area contributed by atoms with Crippen molar-refractivity contribution >= 4 is 5.78 Å². The Morgan fingerprint density at radius 1 is 1.42 bits per heavy atom. The number of aliphatic hydroxyl groups is 1. The fourth-order valence-electron chi connectivity index (χ4n) is 3.51. The van der Waals surface area contributed by atoms with Crippen molar-refractivity contribution in [1.29, 1.82) is 0 Å². The van der Waals surface area contributed by atoms with Gasteiger partial charge in [-0.3, -0.25) is 9.69 Å². The van der Waals surface area contributed by atoms with Crippen LogP contribution < -0.4 is 9.47 Å². The Hall–Kier alpha value is -1.59. The van der Waals surface area contributed by atoms with Crippen molar-refractivity contribution in [2.24, 2.45) is 5.92 Å². The molecule has 5 nitrogen and oxygen atoms in total. The Kier molecular flexibility index (Phi) is 2.18. The van der Waals surface area contributed by atoms with Gasteiger partial charge in [-0.1, -0.05) is 0 Å². The van der Waals surface area contributed by atoms with Crippen LogP contribution in [0, 0.1) is 5.92 Å². The summed E-state index contributed by atoms with van der Waals surface area (Å²) in [6.45, 7) is -2.04. The third-order valence-corrected chi connectivity index (χ3v) is 4.55. The summed E-state index contributed by atoms with van der Waals surface area (Å²) in [5, 5.41) is 10.5. The van der Waals surface area contributed by atoms with Gasteiger partial charge in [-0.15, -0.1) is 0 Å². The first-order chi connectivity index (χ1) is 15.6. The summed E-state index contributed by atoms with van der Waals surface area (Å²) in [4.78, 5) is 14.8. The summed E-state index contributed by atoms with van der Waals surface area (Å²) in [5.41, 5.74) is -1.65. The normalized spacial score (nSPS) is 35.2. The molecule has 0 bridgehead atoms. The van der Waals surface area contributed by atoms with E-state index < -0.39 is 50.6 Å². The van der Waals surface area contributed by atoms with Gasteiger partial charge < -0.3 is 14.6 Å². The third-order valence-electron chi connectivity index (χ3n) is 4.55. The zero-order valence-electron chi connectivity index (χ0n) is 24.3. The number of carbonyl (C=O) groups excluding carboxylic acids is 1. The van der Waals surface area contributed by atoms with Crippen molar-refractivity contribution in [3.63, 3.8) is 0 Å². The molecule has 0 aromatic heterocycles. The number of ketones is 1. The number of hydrogen-bond donors (Lipinski definition) is 1. The maximum absolute atomic E-state index is 13.1. The standard InChI is InChI=1S/C19H27NO4/c1-19(2,22)10-13-11-20-6-5-12-7-17(23-3)18(24-4)8-14(12)15(20)9-16(13)21/h7-8,13,15,22H,5-6,9-11H2,1-4H3/t13-,15-/m0/s1/i1D3,3D3,4D3,10D2/t13-,15-,19?. The van der Waals surface area contributed by atoms with Gasteiger partial charge in [-0.05, 0) is 49.8 Å². The summed E-state index contributed by atoms with van der Waals surface area (Å²) in [6, 6.07) is 2.09. The van der Waals surface area contributed by atoms with Crippen molar-refractivity contribution in [3.05, 3.63) is 23.3 Å². The molecule has 2 aliphatic heterocycles. The number of piperidine rings is 1. The van der Waals surface area contributed by atoms with Crippen molar-refractivity contribution in [3.8, 4) is 11.5 Å². The second-order valence-corrected chi connectivity index (χ2v) is 6.40. The van der Waals surface area contributed by atoms with Gasteiger partial charge in [-0.25, -0.2) is 0 Å². The van der Waals surface area contributed by atoms with Crippen molar-refractivity contribution < 1.29 is 34.5 Å². The highest BCUT2D eigenvalue weighted by Crippen LogP contribution is 2.42. The Balaban J connectivity index is 1.98. The Bertz CT molecular complexity index is 985. The van der Waals surface area contributed by atoms with Crippen LogP contribution in [0.15, 0.2) is 12.1 Å². The molecule has 2 heterocycles. The lowest BCUT2D eigenvalue weighted by molar-refractivity contribution is -0.131. The maximum Gasteiger partial charge on any atom is 0.161 e. The average Bonchev–Trinajstić information content (AvgIpc) is 2.64. The van der Waals surface area contributed by atoms with Crippen LogP contribution in [-0.2, 0) is 11.2 Å². The lowest BCUT2D eigenvalue weighted by Gasteiger charge is -2.44. The number of nitrogens with zero attached hydrogens (tertiary/aromatic N) is 1. The van der Waals surface area contributed by atoms with Crippen LogP contribution in [0.25, 0.3) is 0 Å². The first kappa shape index (κ1) is 8.19. The van der Waals surface area contributed by atoms with Gasteiger partial charge in [0.15, 0.2) is 11.5 Å². The highest BCUT2D eigenvalue weighted by Gasteiger charge is 2.40. The Morgan fingerprint density at radius 2 is 2.17 bits per heavy atom. The molecule has 132 valence electrons. The van der Waals surface area contributed by atoms with Crippen LogP contribution in [-0.4, -0.2) is 48.6 Å². The van der Waals surface area contributed by atoms with Crippen molar-refractivity contribution in [1.82, 2.24) is 4.90 Å². The van der Waals surface area contributed by atoms with Gasteiger partial charge in [0.25, 0.3) is 0 Å². The number of hydrogen-bond acceptors (Lipinski definition) is 5. The number of methoxy groups -OCH3 is 2. The van der Waals surface area contributed by atoms with Gasteiger partial charge in [0, 0.05) is 38.3 Å². The first-order valence-corrected chi connectivity index (χ1v) is 7.68. The second-order valence-electron chi connectivity index (χ2n) is 6.40. The Morgan fingerprint density at radius 3 is 2.88 bits per heavy atom. The van der Waals surface area contributed by atoms with E-state index >= 15 is 0 Å². The number of Topliss-reactive ketones (excluding diaryl/α,β-unsaturated/α-hetero) is 1. The summed E-state index contributed by atoms with van der Waals surface area (Å²) in [5.74, 6) is -2.61. The van der Waals surface area contributed by atoms with Crippen LogP contribution in [0.3, 0.4) is 0 Å². The molecule has 0 spiro atoms. The monoisotopic (exact) mass is 344 g/mol. The third kappa shape index (κ3) is 3.28. The molecule has 1 saturated heterocycles. The molecule has 3 rings (SSSR count). The van der Waals surface area contributed by atoms with Gasteiger partial charge in [0.2, 0.25) is 0 Å². The number of ether oxygens (including phenoxy) is 2. The molecule has 0 aliphatic carbocycles. The number of benzene rings is 1. The number of fused-ring (bicyclic) bond motifs is 3. The topological polar surface area (TPSA) is 59.0 Å². The Labute approximate surface area is 159 Å².